The molecule has 10 rings (SSSR count). The molecule has 0 heteroatoms. The van der Waals surface area contributed by atoms with Gasteiger partial charge in [0.1, 0.15) is 0 Å². The van der Waals surface area contributed by atoms with Crippen molar-refractivity contribution in [1.82, 2.24) is 0 Å². The highest BCUT2D eigenvalue weighted by Crippen LogP contribution is 2.43. The van der Waals surface area contributed by atoms with Gasteiger partial charge in [0, 0.05) is 0 Å². The van der Waals surface area contributed by atoms with Gasteiger partial charge in [-0.15, -0.1) is 0 Å². The van der Waals surface area contributed by atoms with Crippen molar-refractivity contribution in [3.8, 4) is 55.6 Å². The smallest absolute Gasteiger partial charge is 0.00928 e. The molecule has 0 fully saturated rings. The molecule has 10 aromatic rings. The van der Waals surface area contributed by atoms with Crippen LogP contribution in [0.4, 0.5) is 0 Å². The first-order valence-electron chi connectivity index (χ1n) is 18.0. The molecule has 0 saturated heterocycles. The molecule has 0 spiro atoms. The minimum atomic E-state index is 1.20. The lowest BCUT2D eigenvalue weighted by atomic mass is 9.86. The van der Waals surface area contributed by atoms with Crippen molar-refractivity contribution in [3.05, 3.63) is 206 Å². The largest absolute Gasteiger partial charge is 0.0622 e. The number of benzene rings is 10. The van der Waals surface area contributed by atoms with E-state index in [1.807, 2.05) is 0 Å². The SMILES string of the molecule is c1ccc(-c2cc(-c3cc4ccccc4c4ccc(-c5ccccc5)cc34)cc(-c3cc4ccccc4c4ccc(-c5ccccc5)cc34)c2)cc1. The molecule has 0 heterocycles. The van der Waals surface area contributed by atoms with Gasteiger partial charge in [0.15, 0.2) is 0 Å². The van der Waals surface area contributed by atoms with Gasteiger partial charge in [0.2, 0.25) is 0 Å². The second-order valence-corrected chi connectivity index (χ2v) is 13.7. The van der Waals surface area contributed by atoms with Crippen molar-refractivity contribution in [3.63, 3.8) is 0 Å². The fraction of sp³-hybridized carbons (Fsp3) is 0. The summed E-state index contributed by atoms with van der Waals surface area (Å²) in [5, 5.41) is 10.1. The van der Waals surface area contributed by atoms with Gasteiger partial charge < -0.3 is 0 Å². The van der Waals surface area contributed by atoms with Gasteiger partial charge in [-0.3, -0.25) is 0 Å². The van der Waals surface area contributed by atoms with Gasteiger partial charge in [-0.25, -0.2) is 0 Å². The summed E-state index contributed by atoms with van der Waals surface area (Å²) in [5.41, 5.74) is 12.2. The molecule has 0 aliphatic heterocycles. The first-order valence-corrected chi connectivity index (χ1v) is 18.0. The van der Waals surface area contributed by atoms with Crippen LogP contribution in [0.3, 0.4) is 0 Å². The Hall–Kier alpha value is -6.76. The lowest BCUT2D eigenvalue weighted by Crippen LogP contribution is -1.91. The van der Waals surface area contributed by atoms with E-state index in [1.54, 1.807) is 0 Å². The molecule has 0 aliphatic rings. The van der Waals surface area contributed by atoms with E-state index in [-0.39, 0.29) is 0 Å². The van der Waals surface area contributed by atoms with Crippen molar-refractivity contribution in [2.45, 2.75) is 0 Å². The van der Waals surface area contributed by atoms with Crippen molar-refractivity contribution < 1.29 is 0 Å². The Morgan fingerprint density at radius 3 is 0.981 bits per heavy atom. The average Bonchev–Trinajstić information content (AvgIpc) is 3.23. The van der Waals surface area contributed by atoms with E-state index in [1.165, 1.54) is 98.7 Å². The molecule has 0 N–H and O–H groups in total. The van der Waals surface area contributed by atoms with Crippen LogP contribution in [0.15, 0.2) is 206 Å². The van der Waals surface area contributed by atoms with Crippen molar-refractivity contribution in [2.75, 3.05) is 0 Å². The Morgan fingerprint density at radius 2 is 0.538 bits per heavy atom. The molecule has 0 saturated carbocycles. The molecule has 0 aromatic heterocycles. The molecule has 0 unspecified atom stereocenters. The third-order valence-electron chi connectivity index (χ3n) is 10.6. The summed E-state index contributed by atoms with van der Waals surface area (Å²) in [7, 11) is 0. The van der Waals surface area contributed by atoms with Crippen LogP contribution in [0.2, 0.25) is 0 Å². The zero-order valence-electron chi connectivity index (χ0n) is 28.6. The van der Waals surface area contributed by atoms with E-state index >= 15 is 0 Å². The van der Waals surface area contributed by atoms with Crippen LogP contribution in [0.25, 0.3) is 98.7 Å². The second kappa shape index (κ2) is 12.5. The highest BCUT2D eigenvalue weighted by molar-refractivity contribution is 6.17. The summed E-state index contributed by atoms with van der Waals surface area (Å²) >= 11 is 0. The summed E-state index contributed by atoms with van der Waals surface area (Å²) in [6, 6.07) is 75.7. The van der Waals surface area contributed by atoms with E-state index < -0.39 is 0 Å². The quantitative estimate of drug-likeness (QED) is 0.161. The molecule has 242 valence electrons. The van der Waals surface area contributed by atoms with Crippen LogP contribution in [-0.4, -0.2) is 0 Å². The maximum absolute atomic E-state index is 2.42. The number of hydrogen-bond donors (Lipinski definition) is 0. The third-order valence-corrected chi connectivity index (χ3v) is 10.6. The van der Waals surface area contributed by atoms with Gasteiger partial charge in [0.05, 0.1) is 0 Å². The maximum atomic E-state index is 2.42. The highest BCUT2D eigenvalue weighted by atomic mass is 14.2. The van der Waals surface area contributed by atoms with Crippen molar-refractivity contribution in [2.24, 2.45) is 0 Å². The van der Waals surface area contributed by atoms with Crippen LogP contribution in [0.5, 0.6) is 0 Å². The van der Waals surface area contributed by atoms with Gasteiger partial charge in [-0.1, -0.05) is 164 Å². The Balaban J connectivity index is 1.29. The van der Waals surface area contributed by atoms with E-state index in [4.69, 9.17) is 0 Å². The summed E-state index contributed by atoms with van der Waals surface area (Å²) in [4.78, 5) is 0. The zero-order chi connectivity index (χ0) is 34.4. The van der Waals surface area contributed by atoms with Crippen LogP contribution in [-0.2, 0) is 0 Å². The molecule has 52 heavy (non-hydrogen) atoms. The van der Waals surface area contributed by atoms with Crippen molar-refractivity contribution in [1.29, 1.82) is 0 Å². The van der Waals surface area contributed by atoms with Gasteiger partial charge in [-0.2, -0.15) is 0 Å². The van der Waals surface area contributed by atoms with Gasteiger partial charge in [0.25, 0.3) is 0 Å². The standard InChI is InChI=1S/C52H34/c1-4-14-35(15-5-1)38-24-26-47-45-22-12-10-20-40(45)33-49(51(47)31-38)43-28-42(37-18-8-3-9-19-37)29-44(30-43)50-34-41-21-11-13-23-46(41)48-27-25-39(32-52(48)50)36-16-6-2-7-17-36/h1-34H. The van der Waals surface area contributed by atoms with Crippen LogP contribution >= 0.6 is 0 Å². The predicted octanol–water partition coefficient (Wildman–Crippen LogP) is 14.6. The molecular formula is C52H34. The summed E-state index contributed by atoms with van der Waals surface area (Å²) < 4.78 is 0. The fourth-order valence-corrected chi connectivity index (χ4v) is 8.04. The number of rotatable bonds is 5. The second-order valence-electron chi connectivity index (χ2n) is 13.7. The Labute approximate surface area is 303 Å². The van der Waals surface area contributed by atoms with Crippen LogP contribution in [0, 0.1) is 0 Å². The predicted molar refractivity (Wildman–Crippen MR) is 224 cm³/mol. The molecule has 0 radical (unpaired) electrons. The normalized spacial score (nSPS) is 11.5. The molecule has 0 amide bonds. The van der Waals surface area contributed by atoms with E-state index in [0.717, 1.165) is 0 Å². The molecule has 0 atom stereocenters. The summed E-state index contributed by atoms with van der Waals surface area (Å²) in [6.45, 7) is 0. The summed E-state index contributed by atoms with van der Waals surface area (Å²) in [5.74, 6) is 0. The Morgan fingerprint density at radius 1 is 0.173 bits per heavy atom. The van der Waals surface area contributed by atoms with E-state index in [9.17, 15) is 0 Å². The number of hydrogen-bond acceptors (Lipinski definition) is 0. The molecule has 0 aliphatic carbocycles. The van der Waals surface area contributed by atoms with E-state index in [2.05, 4.69) is 206 Å². The minimum absolute atomic E-state index is 1.20. The van der Waals surface area contributed by atoms with Crippen LogP contribution in [0.1, 0.15) is 0 Å². The topological polar surface area (TPSA) is 0 Å². The van der Waals surface area contributed by atoms with Gasteiger partial charge in [-0.05, 0) is 141 Å². The first-order chi connectivity index (χ1) is 25.8. The molecule has 10 aromatic carbocycles. The lowest BCUT2D eigenvalue weighted by molar-refractivity contribution is 1.59. The molecule has 0 nitrogen and oxygen atoms in total. The first kappa shape index (κ1) is 30.1. The fourth-order valence-electron chi connectivity index (χ4n) is 8.04. The molecular weight excluding hydrogens is 625 g/mol. The third kappa shape index (κ3) is 5.25. The monoisotopic (exact) mass is 658 g/mol. The van der Waals surface area contributed by atoms with Crippen molar-refractivity contribution >= 4 is 43.1 Å². The zero-order valence-corrected chi connectivity index (χ0v) is 28.6. The number of fused-ring (bicyclic) bond motifs is 6. The van der Waals surface area contributed by atoms with E-state index in [0.29, 0.717) is 0 Å². The highest BCUT2D eigenvalue weighted by Gasteiger charge is 2.16. The summed E-state index contributed by atoms with van der Waals surface area (Å²) in [6.07, 6.45) is 0. The molecule has 0 bridgehead atoms. The lowest BCUT2D eigenvalue weighted by Gasteiger charge is -2.17. The maximum Gasteiger partial charge on any atom is -0.00928 e. The van der Waals surface area contributed by atoms with Gasteiger partial charge >= 0.3 is 0 Å². The average molecular weight is 659 g/mol. The van der Waals surface area contributed by atoms with Crippen LogP contribution < -0.4 is 0 Å². The Kier molecular flexibility index (Phi) is 7.25. The minimum Gasteiger partial charge on any atom is -0.0622 e. The Bertz CT molecular complexity index is 2740.